The zero-order chi connectivity index (χ0) is 29.3. The predicted octanol–water partition coefficient (Wildman–Crippen LogP) is 5.64. The fourth-order valence-corrected chi connectivity index (χ4v) is 6.38. The van der Waals surface area contributed by atoms with Crippen molar-refractivity contribution in [2.24, 2.45) is 0 Å². The SMILES string of the molecule is COc1ccccc1CN1CCc2nc(NC(=O)c3cccc4[nH]c(NC(=O)c5cc6ccccc6cn5)nc34)sc2C1. The first-order valence-electron chi connectivity index (χ1n) is 13.8. The molecular formula is C32H27N7O3S. The third kappa shape index (κ3) is 5.43. The standard InChI is InChI=1S/C32H27N7O3S/c1-42-26-12-5-4-9-21(26)17-39-14-13-23-27(18-39)43-32(35-23)38-29(40)22-10-6-11-24-28(22)36-31(34-24)37-30(41)25-15-19-7-2-3-8-20(19)16-33-25/h2-12,15-16H,13-14,17-18H2,1H3,(H,35,38,40)(H2,34,36,37,41). The molecule has 0 fully saturated rings. The molecule has 1 aliphatic heterocycles. The van der Waals surface area contributed by atoms with Crippen molar-refractivity contribution in [3.05, 3.63) is 106 Å². The van der Waals surface area contributed by atoms with E-state index in [9.17, 15) is 9.59 Å². The Hall–Kier alpha value is -5.13. The van der Waals surface area contributed by atoms with E-state index >= 15 is 0 Å². The summed E-state index contributed by atoms with van der Waals surface area (Å²) >= 11 is 1.49. The van der Waals surface area contributed by atoms with Crippen LogP contribution in [-0.4, -0.2) is 50.3 Å². The summed E-state index contributed by atoms with van der Waals surface area (Å²) in [6.45, 7) is 2.41. The van der Waals surface area contributed by atoms with Gasteiger partial charge in [0.2, 0.25) is 5.95 Å². The number of thiazole rings is 1. The third-order valence-electron chi connectivity index (χ3n) is 7.47. The number of anilines is 2. The van der Waals surface area contributed by atoms with Crippen molar-refractivity contribution in [1.29, 1.82) is 0 Å². The summed E-state index contributed by atoms with van der Waals surface area (Å²) in [5.41, 5.74) is 3.88. The van der Waals surface area contributed by atoms with Gasteiger partial charge in [0.15, 0.2) is 5.13 Å². The van der Waals surface area contributed by atoms with Gasteiger partial charge in [0, 0.05) is 48.1 Å². The first-order valence-corrected chi connectivity index (χ1v) is 14.6. The number of hydrogen-bond acceptors (Lipinski definition) is 8. The highest BCUT2D eigenvalue weighted by Gasteiger charge is 2.23. The van der Waals surface area contributed by atoms with Crippen molar-refractivity contribution in [1.82, 2.24) is 24.8 Å². The Balaban J connectivity index is 1.05. The number of nitrogens with one attached hydrogen (secondary N) is 3. The fraction of sp³-hybridized carbons (Fsp3) is 0.156. The van der Waals surface area contributed by atoms with E-state index in [1.165, 1.54) is 11.3 Å². The Kier molecular flexibility index (Phi) is 7.01. The smallest absolute Gasteiger partial charge is 0.276 e. The second-order valence-corrected chi connectivity index (χ2v) is 11.4. The van der Waals surface area contributed by atoms with Crippen molar-refractivity contribution in [3.8, 4) is 5.75 Å². The second kappa shape index (κ2) is 11.3. The number of carbonyl (C=O) groups excluding carboxylic acids is 2. The lowest BCUT2D eigenvalue weighted by Gasteiger charge is -2.26. The Morgan fingerprint density at radius 1 is 0.977 bits per heavy atom. The summed E-state index contributed by atoms with van der Waals surface area (Å²) < 4.78 is 5.52. The summed E-state index contributed by atoms with van der Waals surface area (Å²) in [6.07, 6.45) is 2.47. The summed E-state index contributed by atoms with van der Waals surface area (Å²) in [5, 5.41) is 8.15. The number of pyridine rings is 1. The zero-order valence-electron chi connectivity index (χ0n) is 23.3. The van der Waals surface area contributed by atoms with Crippen LogP contribution in [0.15, 0.2) is 79.0 Å². The molecule has 3 aromatic heterocycles. The minimum absolute atomic E-state index is 0.232. The molecular weight excluding hydrogens is 562 g/mol. The topological polar surface area (TPSA) is 125 Å². The number of aromatic amines is 1. The number of hydrogen-bond donors (Lipinski definition) is 3. The van der Waals surface area contributed by atoms with Crippen LogP contribution in [0.2, 0.25) is 0 Å². The highest BCUT2D eigenvalue weighted by Crippen LogP contribution is 2.31. The molecule has 6 aromatic rings. The average molecular weight is 590 g/mol. The molecule has 0 spiro atoms. The van der Waals surface area contributed by atoms with Crippen LogP contribution in [-0.2, 0) is 19.5 Å². The van der Waals surface area contributed by atoms with Crippen molar-refractivity contribution < 1.29 is 14.3 Å². The van der Waals surface area contributed by atoms with E-state index in [0.717, 1.165) is 58.7 Å². The van der Waals surface area contributed by atoms with Gasteiger partial charge in [0.25, 0.3) is 11.8 Å². The van der Waals surface area contributed by atoms with Crippen LogP contribution in [0.3, 0.4) is 0 Å². The van der Waals surface area contributed by atoms with E-state index in [4.69, 9.17) is 9.72 Å². The molecule has 10 nitrogen and oxygen atoms in total. The number of aromatic nitrogens is 4. The highest BCUT2D eigenvalue weighted by atomic mass is 32.1. The maximum absolute atomic E-state index is 13.4. The summed E-state index contributed by atoms with van der Waals surface area (Å²) in [6, 6.07) is 22.8. The quantitative estimate of drug-likeness (QED) is 0.220. The van der Waals surface area contributed by atoms with E-state index < -0.39 is 5.91 Å². The van der Waals surface area contributed by atoms with Gasteiger partial charge >= 0.3 is 0 Å². The molecule has 0 saturated heterocycles. The molecule has 4 heterocycles. The molecule has 0 radical (unpaired) electrons. The Bertz CT molecular complexity index is 2000. The lowest BCUT2D eigenvalue weighted by Crippen LogP contribution is -2.29. The average Bonchev–Trinajstić information content (AvgIpc) is 3.63. The van der Waals surface area contributed by atoms with Crippen molar-refractivity contribution >= 4 is 56.0 Å². The minimum Gasteiger partial charge on any atom is -0.496 e. The Labute approximate surface area is 250 Å². The first kappa shape index (κ1) is 26.7. The summed E-state index contributed by atoms with van der Waals surface area (Å²) in [7, 11) is 1.69. The van der Waals surface area contributed by atoms with Crippen LogP contribution < -0.4 is 15.4 Å². The molecule has 0 unspecified atom stereocenters. The van der Waals surface area contributed by atoms with Crippen LogP contribution in [0.1, 0.15) is 37.0 Å². The van der Waals surface area contributed by atoms with Gasteiger partial charge in [-0.25, -0.2) is 9.97 Å². The number of methoxy groups -OCH3 is 1. The number of benzene rings is 3. The van der Waals surface area contributed by atoms with Crippen molar-refractivity contribution in [3.63, 3.8) is 0 Å². The van der Waals surface area contributed by atoms with Gasteiger partial charge in [-0.1, -0.05) is 48.5 Å². The first-order chi connectivity index (χ1) is 21.0. The Morgan fingerprint density at radius 3 is 2.70 bits per heavy atom. The molecule has 1 aliphatic rings. The molecule has 11 heteroatoms. The van der Waals surface area contributed by atoms with E-state index in [0.29, 0.717) is 21.7 Å². The van der Waals surface area contributed by atoms with Gasteiger partial charge in [-0.3, -0.25) is 30.1 Å². The monoisotopic (exact) mass is 589 g/mol. The third-order valence-corrected chi connectivity index (χ3v) is 8.47. The van der Waals surface area contributed by atoms with Crippen LogP contribution in [0.25, 0.3) is 21.8 Å². The number of nitrogens with zero attached hydrogens (tertiary/aromatic N) is 4. The lowest BCUT2D eigenvalue weighted by molar-refractivity contribution is 0.101. The van der Waals surface area contributed by atoms with E-state index in [1.54, 1.807) is 31.5 Å². The van der Waals surface area contributed by atoms with Crippen LogP contribution in [0.5, 0.6) is 5.75 Å². The van der Waals surface area contributed by atoms with E-state index in [1.807, 2.05) is 48.5 Å². The number of ether oxygens (including phenoxy) is 1. The van der Waals surface area contributed by atoms with E-state index in [2.05, 4.69) is 36.6 Å². The zero-order valence-corrected chi connectivity index (χ0v) is 24.1. The van der Waals surface area contributed by atoms with Crippen molar-refractivity contribution in [2.75, 3.05) is 24.3 Å². The largest absolute Gasteiger partial charge is 0.496 e. The maximum atomic E-state index is 13.4. The number of para-hydroxylation sites is 2. The maximum Gasteiger partial charge on any atom is 0.276 e. The number of imidazole rings is 1. The summed E-state index contributed by atoms with van der Waals surface area (Å²) in [4.78, 5) is 46.4. The van der Waals surface area contributed by atoms with Crippen LogP contribution in [0, 0.1) is 0 Å². The van der Waals surface area contributed by atoms with Gasteiger partial charge in [-0.05, 0) is 29.7 Å². The molecule has 7 rings (SSSR count). The van der Waals surface area contributed by atoms with Crippen LogP contribution in [0.4, 0.5) is 11.1 Å². The molecule has 3 N–H and O–H groups in total. The fourth-order valence-electron chi connectivity index (χ4n) is 5.33. The number of H-pyrrole nitrogens is 1. The van der Waals surface area contributed by atoms with Gasteiger partial charge < -0.3 is 9.72 Å². The number of rotatable bonds is 7. The molecule has 3 aromatic carbocycles. The molecule has 0 saturated carbocycles. The van der Waals surface area contributed by atoms with Crippen LogP contribution >= 0.6 is 11.3 Å². The van der Waals surface area contributed by atoms with Gasteiger partial charge in [-0.2, -0.15) is 0 Å². The molecule has 0 atom stereocenters. The lowest BCUT2D eigenvalue weighted by atomic mass is 10.1. The van der Waals surface area contributed by atoms with Gasteiger partial charge in [0.05, 0.1) is 23.9 Å². The predicted molar refractivity (Wildman–Crippen MR) is 167 cm³/mol. The van der Waals surface area contributed by atoms with E-state index in [-0.39, 0.29) is 17.5 Å². The number of amides is 2. The normalized spacial score (nSPS) is 13.1. The molecule has 214 valence electrons. The van der Waals surface area contributed by atoms with Crippen molar-refractivity contribution in [2.45, 2.75) is 19.5 Å². The van der Waals surface area contributed by atoms with Gasteiger partial charge in [0.1, 0.15) is 17.0 Å². The minimum atomic E-state index is -0.399. The molecule has 2 amide bonds. The highest BCUT2D eigenvalue weighted by molar-refractivity contribution is 7.15. The molecule has 0 bridgehead atoms. The molecule has 0 aliphatic carbocycles. The van der Waals surface area contributed by atoms with Gasteiger partial charge in [-0.15, -0.1) is 11.3 Å². The molecule has 43 heavy (non-hydrogen) atoms. The summed E-state index contributed by atoms with van der Waals surface area (Å²) in [5.74, 6) is 0.397. The second-order valence-electron chi connectivity index (χ2n) is 10.3. The number of carbonyl (C=O) groups is 2. The number of fused-ring (bicyclic) bond motifs is 3. The Morgan fingerprint density at radius 2 is 1.81 bits per heavy atom.